The summed E-state index contributed by atoms with van der Waals surface area (Å²) in [6.07, 6.45) is 2.30. The number of benzene rings is 2. The van der Waals surface area contributed by atoms with Gasteiger partial charge in [-0.05, 0) is 53.8 Å². The Morgan fingerprint density at radius 1 is 1.10 bits per heavy atom. The predicted octanol–water partition coefficient (Wildman–Crippen LogP) is 5.25. The van der Waals surface area contributed by atoms with Crippen LogP contribution in [0.2, 0.25) is 0 Å². The van der Waals surface area contributed by atoms with Crippen molar-refractivity contribution in [3.05, 3.63) is 42.0 Å². The average molecular weight is 301 g/mol. The SMILES string of the molecule is CC(C)CCCOc1ccc2cc(C#CCCl)ccc2c1. The van der Waals surface area contributed by atoms with Crippen LogP contribution < -0.4 is 4.74 Å². The van der Waals surface area contributed by atoms with Gasteiger partial charge in [0, 0.05) is 5.56 Å². The smallest absolute Gasteiger partial charge is 0.119 e. The molecular weight excluding hydrogens is 280 g/mol. The summed E-state index contributed by atoms with van der Waals surface area (Å²) in [5.41, 5.74) is 0.994. The van der Waals surface area contributed by atoms with Crippen molar-refractivity contribution >= 4 is 22.4 Å². The largest absolute Gasteiger partial charge is 0.494 e. The number of ether oxygens (including phenoxy) is 1. The second-order valence-electron chi connectivity index (χ2n) is 5.54. The zero-order valence-electron chi connectivity index (χ0n) is 12.7. The number of hydrogen-bond donors (Lipinski definition) is 0. The molecule has 0 amide bonds. The van der Waals surface area contributed by atoms with Crippen molar-refractivity contribution < 1.29 is 4.74 Å². The third kappa shape index (κ3) is 4.99. The monoisotopic (exact) mass is 300 g/mol. The van der Waals surface area contributed by atoms with Crippen LogP contribution in [-0.2, 0) is 0 Å². The van der Waals surface area contributed by atoms with Crippen molar-refractivity contribution in [2.75, 3.05) is 12.5 Å². The molecule has 0 radical (unpaired) electrons. The zero-order chi connectivity index (χ0) is 15.1. The van der Waals surface area contributed by atoms with Gasteiger partial charge >= 0.3 is 0 Å². The number of hydrogen-bond acceptors (Lipinski definition) is 1. The molecule has 0 N–H and O–H groups in total. The maximum atomic E-state index is 5.81. The minimum atomic E-state index is 0.362. The molecule has 0 heterocycles. The predicted molar refractivity (Wildman–Crippen MR) is 91.1 cm³/mol. The zero-order valence-corrected chi connectivity index (χ0v) is 13.4. The fourth-order valence-corrected chi connectivity index (χ4v) is 2.28. The molecule has 2 heteroatoms. The molecule has 0 aliphatic rings. The third-order valence-corrected chi connectivity index (χ3v) is 3.44. The van der Waals surface area contributed by atoms with E-state index in [0.29, 0.717) is 5.88 Å². The van der Waals surface area contributed by atoms with Crippen LogP contribution in [0.25, 0.3) is 10.8 Å². The van der Waals surface area contributed by atoms with Gasteiger partial charge in [0.25, 0.3) is 0 Å². The Balaban J connectivity index is 2.04. The molecule has 0 saturated heterocycles. The quantitative estimate of drug-likeness (QED) is 0.416. The Morgan fingerprint density at radius 3 is 2.62 bits per heavy atom. The Labute approximate surface area is 132 Å². The topological polar surface area (TPSA) is 9.23 Å². The normalized spacial score (nSPS) is 10.5. The van der Waals surface area contributed by atoms with Crippen molar-refractivity contribution in [1.82, 2.24) is 0 Å². The Hall–Kier alpha value is -1.65. The first kappa shape index (κ1) is 15.7. The van der Waals surface area contributed by atoms with Crippen LogP contribution in [0.1, 0.15) is 32.3 Å². The van der Waals surface area contributed by atoms with Gasteiger partial charge in [-0.25, -0.2) is 0 Å². The van der Waals surface area contributed by atoms with Gasteiger partial charge in [-0.15, -0.1) is 11.6 Å². The van der Waals surface area contributed by atoms with Crippen LogP contribution in [-0.4, -0.2) is 12.5 Å². The number of rotatable bonds is 5. The molecule has 2 aromatic rings. The van der Waals surface area contributed by atoms with E-state index in [2.05, 4.69) is 50.0 Å². The highest BCUT2D eigenvalue weighted by Gasteiger charge is 2.00. The van der Waals surface area contributed by atoms with E-state index in [-0.39, 0.29) is 0 Å². The minimum Gasteiger partial charge on any atom is -0.494 e. The Kier molecular flexibility index (Phi) is 5.96. The fourth-order valence-electron chi connectivity index (χ4n) is 2.21. The molecule has 0 aliphatic carbocycles. The van der Waals surface area contributed by atoms with E-state index in [9.17, 15) is 0 Å². The highest BCUT2D eigenvalue weighted by molar-refractivity contribution is 6.19. The molecule has 2 rings (SSSR count). The van der Waals surface area contributed by atoms with Gasteiger partial charge in [-0.2, -0.15) is 0 Å². The Morgan fingerprint density at radius 2 is 1.86 bits per heavy atom. The molecule has 0 bridgehead atoms. The summed E-state index contributed by atoms with van der Waals surface area (Å²) in [6, 6.07) is 12.4. The lowest BCUT2D eigenvalue weighted by molar-refractivity contribution is 0.298. The molecule has 1 nitrogen and oxygen atoms in total. The molecule has 0 atom stereocenters. The van der Waals surface area contributed by atoms with E-state index in [1.165, 1.54) is 17.2 Å². The standard InChI is InChI=1S/C19H21ClO/c1-15(2)5-4-12-21-19-10-9-17-13-16(6-3-11-20)7-8-18(17)14-19/h7-10,13-15H,4-5,11-12H2,1-2H3. The van der Waals surface area contributed by atoms with Gasteiger partial charge < -0.3 is 4.74 Å². The van der Waals surface area contributed by atoms with Crippen molar-refractivity contribution in [2.45, 2.75) is 26.7 Å². The lowest BCUT2D eigenvalue weighted by Gasteiger charge is -2.08. The van der Waals surface area contributed by atoms with E-state index in [1.54, 1.807) is 0 Å². The van der Waals surface area contributed by atoms with Crippen molar-refractivity contribution in [2.24, 2.45) is 5.92 Å². The van der Waals surface area contributed by atoms with Crippen LogP contribution in [0.3, 0.4) is 0 Å². The van der Waals surface area contributed by atoms with Crippen LogP contribution in [0, 0.1) is 17.8 Å². The van der Waals surface area contributed by atoms with E-state index in [0.717, 1.165) is 30.3 Å². The second kappa shape index (κ2) is 7.96. The van der Waals surface area contributed by atoms with E-state index < -0.39 is 0 Å². The van der Waals surface area contributed by atoms with E-state index in [4.69, 9.17) is 16.3 Å². The maximum absolute atomic E-state index is 5.81. The van der Waals surface area contributed by atoms with E-state index >= 15 is 0 Å². The molecule has 2 aromatic carbocycles. The van der Waals surface area contributed by atoms with Crippen LogP contribution in [0.5, 0.6) is 5.75 Å². The molecule has 0 aromatic heterocycles. The third-order valence-electron chi connectivity index (χ3n) is 3.31. The summed E-state index contributed by atoms with van der Waals surface area (Å²) in [4.78, 5) is 0. The summed E-state index contributed by atoms with van der Waals surface area (Å²) in [6.45, 7) is 5.25. The summed E-state index contributed by atoms with van der Waals surface area (Å²) >= 11 is 5.58. The molecule has 0 fully saturated rings. The summed E-state index contributed by atoms with van der Waals surface area (Å²) in [5.74, 6) is 7.95. The van der Waals surface area contributed by atoms with Crippen molar-refractivity contribution in [1.29, 1.82) is 0 Å². The van der Waals surface area contributed by atoms with Crippen molar-refractivity contribution in [3.8, 4) is 17.6 Å². The van der Waals surface area contributed by atoms with Gasteiger partial charge in [-0.1, -0.05) is 37.8 Å². The molecule has 21 heavy (non-hydrogen) atoms. The van der Waals surface area contributed by atoms with Gasteiger partial charge in [0.2, 0.25) is 0 Å². The lowest BCUT2D eigenvalue weighted by Crippen LogP contribution is -1.99. The highest BCUT2D eigenvalue weighted by atomic mass is 35.5. The molecular formula is C19H21ClO. The summed E-state index contributed by atoms with van der Waals surface area (Å²) in [5, 5.41) is 2.35. The lowest BCUT2D eigenvalue weighted by atomic mass is 10.1. The van der Waals surface area contributed by atoms with Crippen LogP contribution in [0.4, 0.5) is 0 Å². The fraction of sp³-hybridized carbons (Fsp3) is 0.368. The molecule has 0 aliphatic heterocycles. The Bertz CT molecular complexity index is 649. The first-order valence-corrected chi connectivity index (χ1v) is 7.94. The highest BCUT2D eigenvalue weighted by Crippen LogP contribution is 2.22. The summed E-state index contributed by atoms with van der Waals surface area (Å²) < 4.78 is 5.81. The van der Waals surface area contributed by atoms with Gasteiger partial charge in [0.05, 0.1) is 12.5 Å². The van der Waals surface area contributed by atoms with Crippen molar-refractivity contribution in [3.63, 3.8) is 0 Å². The number of halogens is 1. The van der Waals surface area contributed by atoms with Crippen LogP contribution >= 0.6 is 11.6 Å². The minimum absolute atomic E-state index is 0.362. The molecule has 0 spiro atoms. The van der Waals surface area contributed by atoms with Gasteiger partial charge in [-0.3, -0.25) is 0 Å². The van der Waals surface area contributed by atoms with E-state index in [1.807, 2.05) is 12.1 Å². The second-order valence-corrected chi connectivity index (χ2v) is 5.81. The molecule has 0 unspecified atom stereocenters. The summed E-state index contributed by atoms with van der Waals surface area (Å²) in [7, 11) is 0. The first-order chi connectivity index (χ1) is 10.2. The number of fused-ring (bicyclic) bond motifs is 1. The molecule has 0 saturated carbocycles. The van der Waals surface area contributed by atoms with Gasteiger partial charge in [0.15, 0.2) is 0 Å². The number of alkyl halides is 1. The van der Waals surface area contributed by atoms with Crippen LogP contribution in [0.15, 0.2) is 36.4 Å². The van der Waals surface area contributed by atoms with Gasteiger partial charge in [0.1, 0.15) is 5.75 Å². The average Bonchev–Trinajstić information content (AvgIpc) is 2.49. The molecule has 110 valence electrons. The first-order valence-electron chi connectivity index (χ1n) is 7.40. The maximum Gasteiger partial charge on any atom is 0.119 e.